The van der Waals surface area contributed by atoms with Crippen LogP contribution in [-0.4, -0.2) is 24.9 Å². The number of para-hydroxylation sites is 1. The molecule has 0 spiro atoms. The molecule has 2 aromatic rings. The van der Waals surface area contributed by atoms with Crippen molar-refractivity contribution in [2.45, 2.75) is 6.42 Å². The van der Waals surface area contributed by atoms with Crippen LogP contribution in [0.5, 0.6) is 0 Å². The second-order valence-electron chi connectivity index (χ2n) is 4.17. The van der Waals surface area contributed by atoms with Crippen LogP contribution in [0.25, 0.3) is 0 Å². The number of hydrogen-bond acceptors (Lipinski definition) is 3. The van der Waals surface area contributed by atoms with Gasteiger partial charge in [-0.2, -0.15) is 0 Å². The fraction of sp³-hybridized carbons (Fsp3) is 0.200. The number of carbonyl (C=O) groups excluding carboxylic acids is 1. The van der Waals surface area contributed by atoms with Crippen LogP contribution in [0.4, 0.5) is 5.69 Å². The molecule has 0 saturated carbocycles. The van der Waals surface area contributed by atoms with Crippen molar-refractivity contribution in [1.29, 1.82) is 0 Å². The van der Waals surface area contributed by atoms with Crippen molar-refractivity contribution in [3.8, 4) is 0 Å². The van der Waals surface area contributed by atoms with Gasteiger partial charge < -0.3 is 4.90 Å². The molecule has 0 fully saturated rings. The number of carbonyl (C=O) groups is 1. The van der Waals surface area contributed by atoms with Crippen LogP contribution in [-0.2, 0) is 6.42 Å². The van der Waals surface area contributed by atoms with E-state index in [9.17, 15) is 4.79 Å². The summed E-state index contributed by atoms with van der Waals surface area (Å²) in [4.78, 5) is 17.3. The standard InChI is InChI=1S/C15H16N2O/c1-17(11-9-14-7-4-5-10-16-14)15-8-3-2-6-13(15)12-18/h2-8,10,12H,9,11H2,1H3. The average molecular weight is 240 g/mol. The molecule has 3 heteroatoms. The van der Waals surface area contributed by atoms with Gasteiger partial charge in [-0.1, -0.05) is 18.2 Å². The molecule has 92 valence electrons. The van der Waals surface area contributed by atoms with Crippen molar-refractivity contribution in [2.24, 2.45) is 0 Å². The molecule has 0 bridgehead atoms. The SMILES string of the molecule is CN(CCc1ccccn1)c1ccccc1C=O. The Labute approximate surface area is 107 Å². The Hall–Kier alpha value is -2.16. The van der Waals surface area contributed by atoms with E-state index in [4.69, 9.17) is 0 Å². The quantitative estimate of drug-likeness (QED) is 0.753. The molecular weight excluding hydrogens is 224 g/mol. The Morgan fingerprint density at radius 3 is 2.67 bits per heavy atom. The maximum atomic E-state index is 11.0. The topological polar surface area (TPSA) is 33.2 Å². The molecule has 0 N–H and O–H groups in total. The number of nitrogens with zero attached hydrogens (tertiary/aromatic N) is 2. The van der Waals surface area contributed by atoms with Gasteiger partial charge in [0.05, 0.1) is 0 Å². The van der Waals surface area contributed by atoms with Crippen LogP contribution in [0.2, 0.25) is 0 Å². The Kier molecular flexibility index (Phi) is 4.07. The first-order valence-corrected chi connectivity index (χ1v) is 5.96. The first-order valence-electron chi connectivity index (χ1n) is 5.96. The number of aromatic nitrogens is 1. The van der Waals surface area contributed by atoms with E-state index in [2.05, 4.69) is 9.88 Å². The zero-order valence-electron chi connectivity index (χ0n) is 10.4. The van der Waals surface area contributed by atoms with E-state index < -0.39 is 0 Å². The van der Waals surface area contributed by atoms with Crippen molar-refractivity contribution in [2.75, 3.05) is 18.5 Å². The highest BCUT2D eigenvalue weighted by molar-refractivity contribution is 5.84. The van der Waals surface area contributed by atoms with E-state index in [-0.39, 0.29) is 0 Å². The van der Waals surface area contributed by atoms with Crippen molar-refractivity contribution < 1.29 is 4.79 Å². The van der Waals surface area contributed by atoms with Crippen molar-refractivity contribution in [3.63, 3.8) is 0 Å². The van der Waals surface area contributed by atoms with Gasteiger partial charge >= 0.3 is 0 Å². The number of hydrogen-bond donors (Lipinski definition) is 0. The maximum Gasteiger partial charge on any atom is 0.152 e. The molecule has 0 unspecified atom stereocenters. The Morgan fingerprint density at radius 2 is 1.94 bits per heavy atom. The summed E-state index contributed by atoms with van der Waals surface area (Å²) in [5.41, 5.74) is 2.75. The number of rotatable bonds is 5. The molecule has 0 atom stereocenters. The van der Waals surface area contributed by atoms with Gasteiger partial charge in [-0.3, -0.25) is 9.78 Å². The first-order chi connectivity index (χ1) is 8.81. The fourth-order valence-electron chi connectivity index (χ4n) is 1.88. The summed E-state index contributed by atoms with van der Waals surface area (Å²) in [5.74, 6) is 0. The summed E-state index contributed by atoms with van der Waals surface area (Å²) in [6, 6.07) is 13.5. The van der Waals surface area contributed by atoms with Gasteiger partial charge in [0.1, 0.15) is 0 Å². The summed E-state index contributed by atoms with van der Waals surface area (Å²) in [5, 5.41) is 0. The van der Waals surface area contributed by atoms with E-state index in [1.165, 1.54) is 0 Å². The molecule has 0 saturated heterocycles. The number of likely N-dealkylation sites (N-methyl/N-ethyl adjacent to an activating group) is 1. The summed E-state index contributed by atoms with van der Waals surface area (Å²) in [6.45, 7) is 0.835. The molecule has 0 aliphatic rings. The largest absolute Gasteiger partial charge is 0.374 e. The predicted octanol–water partition coefficient (Wildman–Crippen LogP) is 2.57. The van der Waals surface area contributed by atoms with Gasteiger partial charge in [0.15, 0.2) is 6.29 Å². The third-order valence-electron chi connectivity index (χ3n) is 2.90. The minimum atomic E-state index is 0.723. The zero-order chi connectivity index (χ0) is 12.8. The Morgan fingerprint density at radius 1 is 1.17 bits per heavy atom. The molecule has 3 nitrogen and oxygen atoms in total. The molecular formula is C15H16N2O. The van der Waals surface area contributed by atoms with E-state index in [1.807, 2.05) is 49.5 Å². The molecule has 1 aromatic heterocycles. The second-order valence-corrected chi connectivity index (χ2v) is 4.17. The van der Waals surface area contributed by atoms with Crippen LogP contribution in [0, 0.1) is 0 Å². The maximum absolute atomic E-state index is 11.0. The molecule has 1 aromatic carbocycles. The number of pyridine rings is 1. The van der Waals surface area contributed by atoms with Crippen molar-refractivity contribution in [1.82, 2.24) is 4.98 Å². The Bertz CT molecular complexity index is 511. The van der Waals surface area contributed by atoms with E-state index in [0.29, 0.717) is 0 Å². The molecule has 0 amide bonds. The fourth-order valence-corrected chi connectivity index (χ4v) is 1.88. The van der Waals surface area contributed by atoms with Crippen LogP contribution in [0.1, 0.15) is 16.1 Å². The average Bonchev–Trinajstić information content (AvgIpc) is 2.45. The Balaban J connectivity index is 2.04. The lowest BCUT2D eigenvalue weighted by Gasteiger charge is -2.20. The second kappa shape index (κ2) is 5.96. The number of aldehydes is 1. The highest BCUT2D eigenvalue weighted by Crippen LogP contribution is 2.17. The van der Waals surface area contributed by atoms with Gasteiger partial charge in [0.25, 0.3) is 0 Å². The highest BCUT2D eigenvalue weighted by Gasteiger charge is 2.06. The molecule has 1 heterocycles. The van der Waals surface area contributed by atoms with Gasteiger partial charge in [-0.25, -0.2) is 0 Å². The van der Waals surface area contributed by atoms with Gasteiger partial charge in [0, 0.05) is 43.2 Å². The third-order valence-corrected chi connectivity index (χ3v) is 2.90. The summed E-state index contributed by atoms with van der Waals surface area (Å²) < 4.78 is 0. The highest BCUT2D eigenvalue weighted by atomic mass is 16.1. The predicted molar refractivity (Wildman–Crippen MR) is 73.0 cm³/mol. The minimum Gasteiger partial charge on any atom is -0.374 e. The first kappa shape index (κ1) is 12.3. The summed E-state index contributed by atoms with van der Waals surface area (Å²) in [6.07, 6.45) is 3.56. The lowest BCUT2D eigenvalue weighted by Crippen LogP contribution is -2.21. The van der Waals surface area contributed by atoms with E-state index in [1.54, 1.807) is 6.20 Å². The smallest absolute Gasteiger partial charge is 0.152 e. The monoisotopic (exact) mass is 240 g/mol. The van der Waals surface area contributed by atoms with E-state index in [0.717, 1.165) is 36.2 Å². The minimum absolute atomic E-state index is 0.723. The third kappa shape index (κ3) is 2.94. The van der Waals surface area contributed by atoms with Crippen molar-refractivity contribution >= 4 is 12.0 Å². The van der Waals surface area contributed by atoms with Gasteiger partial charge in [0.2, 0.25) is 0 Å². The number of anilines is 1. The zero-order valence-corrected chi connectivity index (χ0v) is 10.4. The van der Waals surface area contributed by atoms with Crippen LogP contribution < -0.4 is 4.90 Å². The summed E-state index contributed by atoms with van der Waals surface area (Å²) in [7, 11) is 1.99. The number of benzene rings is 1. The lowest BCUT2D eigenvalue weighted by molar-refractivity contribution is 0.112. The van der Waals surface area contributed by atoms with Gasteiger partial charge in [-0.05, 0) is 24.3 Å². The summed E-state index contributed by atoms with van der Waals surface area (Å²) >= 11 is 0. The van der Waals surface area contributed by atoms with Crippen LogP contribution in [0.15, 0.2) is 48.7 Å². The van der Waals surface area contributed by atoms with Crippen LogP contribution in [0.3, 0.4) is 0 Å². The molecule has 0 aliphatic carbocycles. The lowest BCUT2D eigenvalue weighted by atomic mass is 10.1. The molecule has 0 aliphatic heterocycles. The van der Waals surface area contributed by atoms with Crippen LogP contribution >= 0.6 is 0 Å². The van der Waals surface area contributed by atoms with E-state index >= 15 is 0 Å². The molecule has 0 radical (unpaired) electrons. The molecule has 18 heavy (non-hydrogen) atoms. The van der Waals surface area contributed by atoms with Gasteiger partial charge in [-0.15, -0.1) is 0 Å². The van der Waals surface area contributed by atoms with Crippen molar-refractivity contribution in [3.05, 3.63) is 59.9 Å². The molecule has 2 rings (SSSR count). The normalized spacial score (nSPS) is 10.1.